The highest BCUT2D eigenvalue weighted by Gasteiger charge is 2.38. The predicted octanol–water partition coefficient (Wildman–Crippen LogP) is 5.23. The minimum atomic E-state index is -3.93. The molecular formula is C25H23N3O5S. The van der Waals surface area contributed by atoms with E-state index >= 15 is 0 Å². The van der Waals surface area contributed by atoms with Crippen LogP contribution in [0.4, 0.5) is 17.1 Å². The van der Waals surface area contributed by atoms with Crippen molar-refractivity contribution in [1.82, 2.24) is 0 Å². The highest BCUT2D eigenvalue weighted by Crippen LogP contribution is 2.50. The van der Waals surface area contributed by atoms with E-state index in [1.165, 1.54) is 24.3 Å². The lowest BCUT2D eigenvalue weighted by Crippen LogP contribution is -2.29. The van der Waals surface area contributed by atoms with Crippen LogP contribution < -0.4 is 14.8 Å². The molecule has 0 spiro atoms. The summed E-state index contributed by atoms with van der Waals surface area (Å²) in [5.74, 6) is 1.10. The van der Waals surface area contributed by atoms with E-state index in [9.17, 15) is 18.5 Å². The van der Waals surface area contributed by atoms with Crippen molar-refractivity contribution in [2.45, 2.75) is 23.3 Å². The number of methoxy groups -OCH3 is 1. The van der Waals surface area contributed by atoms with Crippen LogP contribution >= 0.6 is 0 Å². The summed E-state index contributed by atoms with van der Waals surface area (Å²) < 4.78 is 34.0. The van der Waals surface area contributed by atoms with Gasteiger partial charge in [-0.2, -0.15) is 0 Å². The Bertz CT molecular complexity index is 1400. The highest BCUT2D eigenvalue weighted by molar-refractivity contribution is 7.92. The molecule has 0 aromatic heterocycles. The second-order valence-electron chi connectivity index (χ2n) is 8.41. The van der Waals surface area contributed by atoms with E-state index < -0.39 is 14.9 Å². The predicted molar refractivity (Wildman–Crippen MR) is 130 cm³/mol. The van der Waals surface area contributed by atoms with Crippen LogP contribution in [0, 0.1) is 16.0 Å². The largest absolute Gasteiger partial charge is 0.497 e. The lowest BCUT2D eigenvalue weighted by molar-refractivity contribution is -0.384. The summed E-state index contributed by atoms with van der Waals surface area (Å²) in [7, 11) is -2.29. The maximum Gasteiger partial charge on any atom is 0.271 e. The van der Waals surface area contributed by atoms with Crippen LogP contribution in [0.5, 0.6) is 5.75 Å². The Balaban J connectivity index is 1.47. The molecule has 0 bridgehead atoms. The normalized spacial score (nSPS) is 20.7. The summed E-state index contributed by atoms with van der Waals surface area (Å²) in [6, 6.07) is 18.5. The van der Waals surface area contributed by atoms with E-state index in [-0.39, 0.29) is 34.1 Å². The monoisotopic (exact) mass is 477 g/mol. The topological polar surface area (TPSA) is 111 Å². The number of nitrogens with one attached hydrogen (secondary N) is 2. The van der Waals surface area contributed by atoms with Crippen LogP contribution in [-0.4, -0.2) is 20.5 Å². The zero-order valence-corrected chi connectivity index (χ0v) is 19.2. The van der Waals surface area contributed by atoms with Crippen molar-refractivity contribution in [3.63, 3.8) is 0 Å². The first-order chi connectivity index (χ1) is 16.4. The number of non-ortho nitro benzene ring substituents is 1. The maximum atomic E-state index is 13.1. The Morgan fingerprint density at radius 3 is 2.71 bits per heavy atom. The number of hydrogen-bond donors (Lipinski definition) is 2. The van der Waals surface area contributed by atoms with Crippen molar-refractivity contribution < 1.29 is 18.1 Å². The first-order valence-corrected chi connectivity index (χ1v) is 12.3. The number of nitrogens with zero attached hydrogens (tertiary/aromatic N) is 1. The summed E-state index contributed by atoms with van der Waals surface area (Å²) in [5, 5.41) is 14.6. The maximum absolute atomic E-state index is 13.1. The molecule has 34 heavy (non-hydrogen) atoms. The molecule has 0 saturated carbocycles. The summed E-state index contributed by atoms with van der Waals surface area (Å²) >= 11 is 0. The molecular weight excluding hydrogens is 454 g/mol. The van der Waals surface area contributed by atoms with Crippen molar-refractivity contribution in [1.29, 1.82) is 0 Å². The number of nitro benzene ring substituents is 1. The molecule has 2 N–H and O–H groups in total. The highest BCUT2D eigenvalue weighted by atomic mass is 32.2. The molecule has 3 atom stereocenters. The molecule has 0 radical (unpaired) electrons. The zero-order chi connectivity index (χ0) is 23.9. The van der Waals surface area contributed by atoms with Gasteiger partial charge in [-0.15, -0.1) is 0 Å². The van der Waals surface area contributed by atoms with Crippen molar-refractivity contribution in [2.75, 3.05) is 17.1 Å². The number of ether oxygens (including phenoxy) is 1. The van der Waals surface area contributed by atoms with Gasteiger partial charge in [-0.05, 0) is 59.9 Å². The lowest BCUT2D eigenvalue weighted by Gasteiger charge is -2.37. The molecule has 174 valence electrons. The number of nitro groups is 1. The Morgan fingerprint density at radius 2 is 1.91 bits per heavy atom. The quantitative estimate of drug-likeness (QED) is 0.286. The molecule has 2 aliphatic rings. The zero-order valence-electron chi connectivity index (χ0n) is 18.3. The van der Waals surface area contributed by atoms with Gasteiger partial charge in [0, 0.05) is 23.7 Å². The SMILES string of the molecule is COc1cccc([C@H]2Nc3ccc(S(=O)(=O)Nc4cccc([N+](=O)[O-])c4)cc3[C@H]3C=CC[C@H]32)c1. The van der Waals surface area contributed by atoms with Crippen LogP contribution in [0.15, 0.2) is 83.8 Å². The number of allylic oxidation sites excluding steroid dienone is 2. The fourth-order valence-electron chi connectivity index (χ4n) is 4.80. The van der Waals surface area contributed by atoms with E-state index in [2.05, 4.69) is 28.3 Å². The fourth-order valence-corrected chi connectivity index (χ4v) is 5.89. The van der Waals surface area contributed by atoms with E-state index in [1.54, 1.807) is 25.3 Å². The van der Waals surface area contributed by atoms with Gasteiger partial charge >= 0.3 is 0 Å². The van der Waals surface area contributed by atoms with Crippen molar-refractivity contribution in [3.05, 3.63) is 100 Å². The van der Waals surface area contributed by atoms with E-state index in [1.807, 2.05) is 18.2 Å². The first kappa shape index (κ1) is 22.0. The molecule has 1 heterocycles. The van der Waals surface area contributed by atoms with Gasteiger partial charge in [0.1, 0.15) is 5.75 Å². The molecule has 0 saturated heterocycles. The van der Waals surface area contributed by atoms with Gasteiger partial charge in [-0.25, -0.2) is 8.42 Å². The van der Waals surface area contributed by atoms with Gasteiger partial charge in [0.05, 0.1) is 28.7 Å². The summed E-state index contributed by atoms with van der Waals surface area (Å²) in [4.78, 5) is 10.6. The van der Waals surface area contributed by atoms with E-state index in [4.69, 9.17) is 4.74 Å². The van der Waals surface area contributed by atoms with Crippen molar-refractivity contribution in [3.8, 4) is 5.75 Å². The molecule has 1 aliphatic carbocycles. The number of hydrogen-bond acceptors (Lipinski definition) is 6. The average molecular weight is 478 g/mol. The summed E-state index contributed by atoms with van der Waals surface area (Å²) in [6.07, 6.45) is 5.16. The molecule has 5 rings (SSSR count). The van der Waals surface area contributed by atoms with Gasteiger partial charge in [0.15, 0.2) is 0 Å². The van der Waals surface area contributed by atoms with Crippen LogP contribution in [0.2, 0.25) is 0 Å². The fraction of sp³-hybridized carbons (Fsp3) is 0.200. The second-order valence-corrected chi connectivity index (χ2v) is 10.1. The number of sulfonamides is 1. The lowest BCUT2D eigenvalue weighted by atomic mass is 9.77. The first-order valence-electron chi connectivity index (χ1n) is 10.8. The van der Waals surface area contributed by atoms with Gasteiger partial charge in [-0.3, -0.25) is 14.8 Å². The minimum Gasteiger partial charge on any atom is -0.497 e. The summed E-state index contributed by atoms with van der Waals surface area (Å²) in [5.41, 5.74) is 2.88. The number of rotatable bonds is 6. The Hall–Kier alpha value is -3.85. The molecule has 1 aliphatic heterocycles. The van der Waals surface area contributed by atoms with Crippen molar-refractivity contribution in [2.24, 2.45) is 5.92 Å². The van der Waals surface area contributed by atoms with E-state index in [0.717, 1.165) is 29.0 Å². The van der Waals surface area contributed by atoms with Gasteiger partial charge in [-0.1, -0.05) is 30.4 Å². The van der Waals surface area contributed by atoms with Gasteiger partial charge in [0.2, 0.25) is 0 Å². The molecule has 8 nitrogen and oxygen atoms in total. The molecule has 0 fully saturated rings. The van der Waals surface area contributed by atoms with Crippen LogP contribution in [0.25, 0.3) is 0 Å². The van der Waals surface area contributed by atoms with Crippen LogP contribution in [0.1, 0.15) is 29.5 Å². The number of anilines is 2. The summed E-state index contributed by atoms with van der Waals surface area (Å²) in [6.45, 7) is 0. The molecule has 3 aromatic carbocycles. The second kappa shape index (κ2) is 8.49. The molecule has 9 heteroatoms. The van der Waals surface area contributed by atoms with E-state index in [0.29, 0.717) is 0 Å². The minimum absolute atomic E-state index is 0.0630. The Morgan fingerprint density at radius 1 is 1.09 bits per heavy atom. The molecule has 0 unspecified atom stereocenters. The van der Waals surface area contributed by atoms with Crippen molar-refractivity contribution >= 4 is 27.1 Å². The van der Waals surface area contributed by atoms with Gasteiger partial charge in [0.25, 0.3) is 15.7 Å². The number of benzene rings is 3. The Labute approximate surface area is 197 Å². The standard InChI is InChI=1S/C25H23N3O5S/c1-33-19-8-2-5-16(13-19)25-22-10-4-9-21(22)23-15-20(11-12-24(23)26-25)34(31,32)27-17-6-3-7-18(14-17)28(29)30/h2-9,11-15,21-22,25-27H,10H2,1H3/t21-,22+,25+/m0/s1. The Kier molecular flexibility index (Phi) is 5.49. The number of fused-ring (bicyclic) bond motifs is 3. The third kappa shape index (κ3) is 3.99. The molecule has 0 amide bonds. The average Bonchev–Trinajstić information content (AvgIpc) is 3.33. The van der Waals surface area contributed by atoms with Crippen LogP contribution in [0.3, 0.4) is 0 Å². The van der Waals surface area contributed by atoms with Gasteiger partial charge < -0.3 is 10.1 Å². The molecule has 3 aromatic rings. The third-order valence-electron chi connectivity index (χ3n) is 6.41. The van der Waals surface area contributed by atoms with Crippen LogP contribution in [-0.2, 0) is 10.0 Å². The third-order valence-corrected chi connectivity index (χ3v) is 7.79. The smallest absolute Gasteiger partial charge is 0.271 e.